The Kier molecular flexibility index (Phi) is 6.10. The summed E-state index contributed by atoms with van der Waals surface area (Å²) in [7, 11) is 0. The van der Waals surface area contributed by atoms with Gasteiger partial charge < -0.3 is 14.8 Å². The average molecular weight is 354 g/mol. The first-order valence-electron chi connectivity index (χ1n) is 9.23. The molecule has 1 N–H and O–H groups in total. The van der Waals surface area contributed by atoms with Gasteiger partial charge in [-0.15, -0.1) is 0 Å². The maximum absolute atomic E-state index is 12.2. The maximum atomic E-state index is 12.2. The number of benzene rings is 1. The Balaban J connectivity index is 1.46. The molecule has 1 saturated carbocycles. The van der Waals surface area contributed by atoms with Crippen LogP contribution in [0, 0.1) is 11.8 Å². The van der Waals surface area contributed by atoms with Crippen LogP contribution in [0.1, 0.15) is 33.1 Å². The molecule has 5 heteroatoms. The standard InChI is InChI=1S/C21H26N2O3/c1-15-6-5-7-19(16(15)2)23-20(24)14-25-17-9-11-18(12-10-17)26-21-8-3-4-13-22-21/h3-4,8-13,15-16,19H,5-7,14H2,1-2H3,(H,23,24)/t15-,16+,19+/m1/s1. The fourth-order valence-electron chi connectivity index (χ4n) is 3.32. The summed E-state index contributed by atoms with van der Waals surface area (Å²) in [5.74, 6) is 2.95. The highest BCUT2D eigenvalue weighted by Crippen LogP contribution is 2.29. The molecule has 0 bridgehead atoms. The summed E-state index contributed by atoms with van der Waals surface area (Å²) < 4.78 is 11.2. The minimum Gasteiger partial charge on any atom is -0.484 e. The second-order valence-corrected chi connectivity index (χ2v) is 6.97. The van der Waals surface area contributed by atoms with Gasteiger partial charge in [0.1, 0.15) is 11.5 Å². The van der Waals surface area contributed by atoms with E-state index in [1.54, 1.807) is 36.5 Å². The lowest BCUT2D eigenvalue weighted by Gasteiger charge is -2.34. The molecule has 0 saturated heterocycles. The lowest BCUT2D eigenvalue weighted by molar-refractivity contribution is -0.124. The second-order valence-electron chi connectivity index (χ2n) is 6.97. The van der Waals surface area contributed by atoms with Crippen LogP contribution in [-0.2, 0) is 4.79 Å². The lowest BCUT2D eigenvalue weighted by Crippen LogP contribution is -2.45. The van der Waals surface area contributed by atoms with Crippen molar-refractivity contribution >= 4 is 5.91 Å². The van der Waals surface area contributed by atoms with Crippen LogP contribution in [0.3, 0.4) is 0 Å². The van der Waals surface area contributed by atoms with Crippen LogP contribution in [-0.4, -0.2) is 23.5 Å². The van der Waals surface area contributed by atoms with E-state index >= 15 is 0 Å². The van der Waals surface area contributed by atoms with Gasteiger partial charge in [0, 0.05) is 18.3 Å². The minimum absolute atomic E-state index is 0.0258. The molecule has 2 aromatic rings. The minimum atomic E-state index is -0.0650. The van der Waals surface area contributed by atoms with E-state index < -0.39 is 0 Å². The number of nitrogens with zero attached hydrogens (tertiary/aromatic N) is 1. The normalized spacial score (nSPS) is 22.5. The fraction of sp³-hybridized carbons (Fsp3) is 0.429. The number of nitrogens with one attached hydrogen (secondary N) is 1. The molecule has 1 aromatic carbocycles. The molecule has 26 heavy (non-hydrogen) atoms. The van der Waals surface area contributed by atoms with E-state index in [2.05, 4.69) is 24.1 Å². The van der Waals surface area contributed by atoms with Crippen LogP contribution in [0.4, 0.5) is 0 Å². The topological polar surface area (TPSA) is 60.5 Å². The number of hydrogen-bond acceptors (Lipinski definition) is 4. The van der Waals surface area contributed by atoms with Crippen molar-refractivity contribution in [2.45, 2.75) is 39.2 Å². The molecule has 0 spiro atoms. The summed E-state index contributed by atoms with van der Waals surface area (Å²) in [6.45, 7) is 4.50. The Morgan fingerprint density at radius 1 is 1.12 bits per heavy atom. The van der Waals surface area contributed by atoms with Crippen LogP contribution in [0.15, 0.2) is 48.7 Å². The van der Waals surface area contributed by atoms with E-state index in [4.69, 9.17) is 9.47 Å². The third kappa shape index (κ3) is 4.97. The molecule has 1 heterocycles. The lowest BCUT2D eigenvalue weighted by atomic mass is 9.78. The van der Waals surface area contributed by atoms with E-state index in [9.17, 15) is 4.79 Å². The average Bonchev–Trinajstić information content (AvgIpc) is 2.66. The third-order valence-corrected chi connectivity index (χ3v) is 5.11. The molecule has 5 nitrogen and oxygen atoms in total. The smallest absolute Gasteiger partial charge is 0.258 e. The van der Waals surface area contributed by atoms with Crippen molar-refractivity contribution in [3.05, 3.63) is 48.7 Å². The predicted octanol–water partition coefficient (Wildman–Crippen LogP) is 4.19. The van der Waals surface area contributed by atoms with Crippen molar-refractivity contribution < 1.29 is 14.3 Å². The van der Waals surface area contributed by atoms with Gasteiger partial charge in [0.15, 0.2) is 6.61 Å². The van der Waals surface area contributed by atoms with Crippen molar-refractivity contribution in [3.8, 4) is 17.4 Å². The highest BCUT2D eigenvalue weighted by atomic mass is 16.5. The molecule has 1 amide bonds. The molecule has 1 aromatic heterocycles. The van der Waals surface area contributed by atoms with Gasteiger partial charge in [-0.3, -0.25) is 4.79 Å². The Labute approximate surface area is 154 Å². The molecular weight excluding hydrogens is 328 g/mol. The van der Waals surface area contributed by atoms with Crippen LogP contribution in [0.2, 0.25) is 0 Å². The Bertz CT molecular complexity index is 703. The molecule has 1 aliphatic carbocycles. The summed E-state index contributed by atoms with van der Waals surface area (Å²) in [4.78, 5) is 16.3. The van der Waals surface area contributed by atoms with Crippen LogP contribution in [0.5, 0.6) is 17.4 Å². The van der Waals surface area contributed by atoms with Crippen molar-refractivity contribution in [2.75, 3.05) is 6.61 Å². The largest absolute Gasteiger partial charge is 0.484 e. The predicted molar refractivity (Wildman–Crippen MR) is 100 cm³/mol. The molecule has 0 aliphatic heterocycles. The van der Waals surface area contributed by atoms with Gasteiger partial charge in [0.25, 0.3) is 5.91 Å². The van der Waals surface area contributed by atoms with Gasteiger partial charge in [-0.25, -0.2) is 4.98 Å². The van der Waals surface area contributed by atoms with Crippen molar-refractivity contribution in [2.24, 2.45) is 11.8 Å². The number of amides is 1. The first-order chi connectivity index (χ1) is 12.6. The van der Waals surface area contributed by atoms with Crippen LogP contribution < -0.4 is 14.8 Å². The number of rotatable bonds is 6. The summed E-state index contributed by atoms with van der Waals surface area (Å²) in [5, 5.41) is 3.12. The van der Waals surface area contributed by atoms with Gasteiger partial charge >= 0.3 is 0 Å². The molecule has 3 atom stereocenters. The summed E-state index contributed by atoms with van der Waals surface area (Å²) in [6.07, 6.45) is 5.15. The van der Waals surface area contributed by atoms with Gasteiger partial charge in [-0.05, 0) is 48.6 Å². The monoisotopic (exact) mass is 354 g/mol. The van der Waals surface area contributed by atoms with Gasteiger partial charge in [-0.1, -0.05) is 32.8 Å². The van der Waals surface area contributed by atoms with E-state index in [0.717, 1.165) is 6.42 Å². The van der Waals surface area contributed by atoms with Crippen molar-refractivity contribution in [3.63, 3.8) is 0 Å². The summed E-state index contributed by atoms with van der Waals surface area (Å²) >= 11 is 0. The number of aromatic nitrogens is 1. The van der Waals surface area contributed by atoms with Crippen LogP contribution in [0.25, 0.3) is 0 Å². The number of hydrogen-bond donors (Lipinski definition) is 1. The van der Waals surface area contributed by atoms with Gasteiger partial charge in [0.2, 0.25) is 5.88 Å². The number of carbonyl (C=O) groups excluding carboxylic acids is 1. The number of pyridine rings is 1. The SMILES string of the molecule is C[C@H]1[C@H](C)CCC[C@@H]1NC(=O)COc1ccc(Oc2ccccn2)cc1. The zero-order valence-electron chi connectivity index (χ0n) is 15.4. The van der Waals surface area contributed by atoms with Crippen molar-refractivity contribution in [1.82, 2.24) is 10.3 Å². The summed E-state index contributed by atoms with van der Waals surface area (Å²) in [6, 6.07) is 12.9. The first-order valence-corrected chi connectivity index (χ1v) is 9.23. The maximum Gasteiger partial charge on any atom is 0.258 e. The molecule has 0 unspecified atom stereocenters. The zero-order valence-corrected chi connectivity index (χ0v) is 15.4. The molecule has 0 radical (unpaired) electrons. The Hall–Kier alpha value is -2.56. The van der Waals surface area contributed by atoms with Crippen molar-refractivity contribution in [1.29, 1.82) is 0 Å². The number of carbonyl (C=O) groups is 1. The first kappa shape index (κ1) is 18.2. The van der Waals surface area contributed by atoms with E-state index in [1.165, 1.54) is 12.8 Å². The second kappa shape index (κ2) is 8.70. The zero-order chi connectivity index (χ0) is 18.4. The third-order valence-electron chi connectivity index (χ3n) is 5.11. The molecule has 3 rings (SSSR count). The van der Waals surface area contributed by atoms with E-state index in [-0.39, 0.29) is 18.6 Å². The Morgan fingerprint density at radius 3 is 2.62 bits per heavy atom. The quantitative estimate of drug-likeness (QED) is 0.845. The fourth-order valence-corrected chi connectivity index (χ4v) is 3.32. The summed E-state index contributed by atoms with van der Waals surface area (Å²) in [5.41, 5.74) is 0. The van der Waals surface area contributed by atoms with E-state index in [1.807, 2.05) is 12.1 Å². The number of ether oxygens (including phenoxy) is 2. The van der Waals surface area contributed by atoms with Gasteiger partial charge in [0.05, 0.1) is 0 Å². The molecule has 1 aliphatic rings. The highest BCUT2D eigenvalue weighted by Gasteiger charge is 2.28. The van der Waals surface area contributed by atoms with Gasteiger partial charge in [-0.2, -0.15) is 0 Å². The molecule has 138 valence electrons. The highest BCUT2D eigenvalue weighted by molar-refractivity contribution is 5.77. The molecular formula is C21H26N2O3. The van der Waals surface area contributed by atoms with E-state index in [0.29, 0.717) is 29.2 Å². The van der Waals surface area contributed by atoms with Crippen LogP contribution >= 0.6 is 0 Å². The molecule has 1 fully saturated rings. The Morgan fingerprint density at radius 2 is 1.88 bits per heavy atom.